The van der Waals surface area contributed by atoms with Crippen LogP contribution in [0.3, 0.4) is 0 Å². The van der Waals surface area contributed by atoms with E-state index in [0.29, 0.717) is 0 Å². The van der Waals surface area contributed by atoms with Crippen LogP contribution in [0.5, 0.6) is 0 Å². The number of benzene rings is 1. The lowest BCUT2D eigenvalue weighted by Gasteiger charge is -2.17. The molecule has 1 heterocycles. The topological polar surface area (TPSA) is 12.0 Å². The number of thiophene rings is 1. The number of nitrogens with one attached hydrogen (secondary N) is 1. The van der Waals surface area contributed by atoms with E-state index in [1.165, 1.54) is 16.0 Å². The fraction of sp³-hybridized carbons (Fsp3) is 0.231. The maximum absolute atomic E-state index is 6.18. The van der Waals surface area contributed by atoms with Crippen molar-refractivity contribution in [2.45, 2.75) is 13.0 Å². The summed E-state index contributed by atoms with van der Waals surface area (Å²) in [6.07, 6.45) is 0. The van der Waals surface area contributed by atoms with Crippen molar-refractivity contribution < 1.29 is 0 Å². The molecule has 0 aliphatic heterocycles. The van der Waals surface area contributed by atoms with E-state index in [0.717, 1.165) is 8.59 Å². The summed E-state index contributed by atoms with van der Waals surface area (Å²) in [6, 6.07) is 8.63. The Morgan fingerprint density at radius 3 is 2.65 bits per heavy atom. The maximum Gasteiger partial charge on any atom is 0.0585 e. The fourth-order valence-electron chi connectivity index (χ4n) is 1.89. The molecule has 0 spiro atoms. The molecular formula is C13H13ClINS. The molecule has 0 aliphatic carbocycles. The summed E-state index contributed by atoms with van der Waals surface area (Å²) in [4.78, 5) is 1.35. The molecule has 0 fully saturated rings. The molecule has 1 aromatic heterocycles. The Kier molecular flexibility index (Phi) is 4.47. The van der Waals surface area contributed by atoms with Gasteiger partial charge in [-0.05, 0) is 71.3 Å². The van der Waals surface area contributed by atoms with Gasteiger partial charge in [-0.3, -0.25) is 0 Å². The third kappa shape index (κ3) is 2.84. The highest BCUT2D eigenvalue weighted by molar-refractivity contribution is 14.1. The predicted molar refractivity (Wildman–Crippen MR) is 84.1 cm³/mol. The molecule has 1 N–H and O–H groups in total. The zero-order valence-corrected chi connectivity index (χ0v) is 13.4. The third-order valence-corrected chi connectivity index (χ3v) is 5.21. The lowest BCUT2D eigenvalue weighted by molar-refractivity contribution is 0.691. The van der Waals surface area contributed by atoms with Crippen molar-refractivity contribution in [1.29, 1.82) is 0 Å². The van der Waals surface area contributed by atoms with E-state index in [2.05, 4.69) is 58.4 Å². The van der Waals surface area contributed by atoms with Gasteiger partial charge in [0.2, 0.25) is 0 Å². The first-order valence-electron chi connectivity index (χ1n) is 5.29. The van der Waals surface area contributed by atoms with E-state index in [9.17, 15) is 0 Å². The molecule has 2 rings (SSSR count). The Morgan fingerprint density at radius 2 is 2.12 bits per heavy atom. The maximum atomic E-state index is 6.18. The lowest BCUT2D eigenvalue weighted by atomic mass is 10.00. The van der Waals surface area contributed by atoms with E-state index in [1.54, 1.807) is 11.3 Å². The number of halogens is 2. The van der Waals surface area contributed by atoms with Crippen LogP contribution in [0, 0.1) is 10.5 Å². The summed E-state index contributed by atoms with van der Waals surface area (Å²) >= 11 is 10.2. The first kappa shape index (κ1) is 13.3. The van der Waals surface area contributed by atoms with Gasteiger partial charge in [-0.2, -0.15) is 0 Å². The van der Waals surface area contributed by atoms with Gasteiger partial charge in [0.15, 0.2) is 0 Å². The third-order valence-electron chi connectivity index (χ3n) is 2.78. The molecular weight excluding hydrogens is 365 g/mol. The first-order valence-corrected chi connectivity index (χ1v) is 7.63. The molecule has 0 bridgehead atoms. The van der Waals surface area contributed by atoms with Crippen LogP contribution in [-0.4, -0.2) is 7.05 Å². The van der Waals surface area contributed by atoms with Gasteiger partial charge < -0.3 is 5.32 Å². The molecule has 0 saturated heterocycles. The Bertz CT molecular complexity index is 524. The average Bonchev–Trinajstić information content (AvgIpc) is 2.71. The van der Waals surface area contributed by atoms with E-state index in [-0.39, 0.29) is 6.04 Å². The molecule has 1 unspecified atom stereocenters. The Morgan fingerprint density at radius 1 is 1.35 bits per heavy atom. The highest BCUT2D eigenvalue weighted by Gasteiger charge is 2.15. The van der Waals surface area contributed by atoms with E-state index in [4.69, 9.17) is 11.6 Å². The number of rotatable bonds is 3. The van der Waals surface area contributed by atoms with Crippen molar-refractivity contribution in [2.75, 3.05) is 7.05 Å². The molecule has 0 amide bonds. The summed E-state index contributed by atoms with van der Waals surface area (Å²) in [5.74, 6) is 0. The van der Waals surface area contributed by atoms with Gasteiger partial charge in [-0.15, -0.1) is 11.3 Å². The highest BCUT2D eigenvalue weighted by Crippen LogP contribution is 2.30. The van der Waals surface area contributed by atoms with Gasteiger partial charge >= 0.3 is 0 Å². The standard InChI is InChI=1S/C13H13ClINS/c1-8-10(5-6-17-8)13(16-2)9-3-4-12(15)11(14)7-9/h3-7,13,16H,1-2H3. The van der Waals surface area contributed by atoms with E-state index in [1.807, 2.05) is 13.1 Å². The molecule has 90 valence electrons. The number of hydrogen-bond acceptors (Lipinski definition) is 2. The van der Waals surface area contributed by atoms with Crippen molar-refractivity contribution >= 4 is 45.5 Å². The molecule has 1 nitrogen and oxygen atoms in total. The molecule has 17 heavy (non-hydrogen) atoms. The minimum atomic E-state index is 0.218. The Labute approximate surface area is 124 Å². The average molecular weight is 378 g/mol. The second-order valence-electron chi connectivity index (χ2n) is 3.83. The van der Waals surface area contributed by atoms with Crippen molar-refractivity contribution in [1.82, 2.24) is 5.32 Å². The summed E-state index contributed by atoms with van der Waals surface area (Å²) < 4.78 is 1.09. The highest BCUT2D eigenvalue weighted by atomic mass is 127. The second kappa shape index (κ2) is 5.69. The normalized spacial score (nSPS) is 12.7. The quantitative estimate of drug-likeness (QED) is 0.769. The molecule has 4 heteroatoms. The van der Waals surface area contributed by atoms with Crippen LogP contribution < -0.4 is 5.32 Å². The summed E-state index contributed by atoms with van der Waals surface area (Å²) in [5.41, 5.74) is 2.54. The zero-order valence-electron chi connectivity index (χ0n) is 9.63. The van der Waals surface area contributed by atoms with Crippen molar-refractivity contribution in [2.24, 2.45) is 0 Å². The van der Waals surface area contributed by atoms with Crippen molar-refractivity contribution in [3.8, 4) is 0 Å². The van der Waals surface area contributed by atoms with Gasteiger partial charge in [0, 0.05) is 8.45 Å². The van der Waals surface area contributed by atoms with Crippen LogP contribution in [0.4, 0.5) is 0 Å². The van der Waals surface area contributed by atoms with Gasteiger partial charge in [-0.25, -0.2) is 0 Å². The lowest BCUT2D eigenvalue weighted by Crippen LogP contribution is -2.17. The molecule has 0 radical (unpaired) electrons. The number of hydrogen-bond donors (Lipinski definition) is 1. The van der Waals surface area contributed by atoms with Crippen LogP contribution in [0.15, 0.2) is 29.6 Å². The van der Waals surface area contributed by atoms with Crippen LogP contribution in [0.25, 0.3) is 0 Å². The molecule has 0 saturated carbocycles. The zero-order chi connectivity index (χ0) is 12.4. The largest absolute Gasteiger partial charge is 0.309 e. The Balaban J connectivity index is 2.42. The van der Waals surface area contributed by atoms with Gasteiger partial charge in [0.1, 0.15) is 0 Å². The minimum absolute atomic E-state index is 0.218. The second-order valence-corrected chi connectivity index (χ2v) is 6.52. The Hall–Kier alpha value is -0.100. The summed E-state index contributed by atoms with van der Waals surface area (Å²) in [5, 5.41) is 6.30. The minimum Gasteiger partial charge on any atom is -0.309 e. The van der Waals surface area contributed by atoms with Gasteiger partial charge in [0.25, 0.3) is 0 Å². The van der Waals surface area contributed by atoms with Gasteiger partial charge in [0.05, 0.1) is 11.1 Å². The summed E-state index contributed by atoms with van der Waals surface area (Å²) in [6.45, 7) is 2.15. The van der Waals surface area contributed by atoms with Crippen molar-refractivity contribution in [3.63, 3.8) is 0 Å². The van der Waals surface area contributed by atoms with Crippen LogP contribution in [-0.2, 0) is 0 Å². The SMILES string of the molecule is CNC(c1ccc(I)c(Cl)c1)c1ccsc1C. The molecule has 1 aromatic carbocycles. The monoisotopic (exact) mass is 377 g/mol. The van der Waals surface area contributed by atoms with Crippen molar-refractivity contribution in [3.05, 3.63) is 54.2 Å². The first-order chi connectivity index (χ1) is 8.13. The van der Waals surface area contributed by atoms with E-state index < -0.39 is 0 Å². The molecule has 1 atom stereocenters. The van der Waals surface area contributed by atoms with Crippen LogP contribution >= 0.6 is 45.5 Å². The van der Waals surface area contributed by atoms with Gasteiger partial charge in [-0.1, -0.05) is 17.7 Å². The van der Waals surface area contributed by atoms with Crippen LogP contribution in [0.2, 0.25) is 5.02 Å². The fourth-order valence-corrected chi connectivity index (χ4v) is 3.15. The number of aryl methyl sites for hydroxylation is 1. The molecule has 2 aromatic rings. The predicted octanol–water partition coefficient (Wildman–Crippen LogP) is 4.62. The van der Waals surface area contributed by atoms with E-state index >= 15 is 0 Å². The molecule has 0 aliphatic rings. The van der Waals surface area contributed by atoms with Crippen LogP contribution in [0.1, 0.15) is 22.0 Å². The smallest absolute Gasteiger partial charge is 0.0585 e. The summed E-state index contributed by atoms with van der Waals surface area (Å²) in [7, 11) is 1.98.